The fourth-order valence-corrected chi connectivity index (χ4v) is 8.80. The number of nitrogens with zero attached hydrogens (tertiary/aromatic N) is 3. The maximum atomic E-state index is 14.4. The lowest BCUT2D eigenvalue weighted by molar-refractivity contribution is -0.121. The predicted molar refractivity (Wildman–Crippen MR) is 317 cm³/mol. The van der Waals surface area contributed by atoms with Gasteiger partial charge in [0.25, 0.3) is 23.6 Å². The van der Waals surface area contributed by atoms with Crippen LogP contribution in [0.25, 0.3) is 0 Å². The molecule has 84 heavy (non-hydrogen) atoms. The Balaban J connectivity index is 1.62. The van der Waals surface area contributed by atoms with Crippen molar-refractivity contribution in [2.45, 2.75) is 95.3 Å². The standard InChI is InChI=1S/C58H78N14O12/c1-32(59)44(73)28-33-13-18-49(82-4)38(25-33)53(78)70-42(11-8-22-68-57(62)63)46(75)30-35-15-20-51(84-6)40(27-35)55(80)72-43(12-9-23-69-58(64)65)47(76)31-36-16-19-50(83-5)39(26-36)54(79)71-41(10-7-21-67-56(60)61)45(74)29-34-14-17-48(81-3)37(24-34)52(77)66-2/h13-20,24-27,32,41-43H,7-12,21-23,28-31,59H2,1-6H3,(H,66,77)(H,70,78)(H,71,79)(H,72,80)(H4,60,61,67)(H4,62,63,68)(H4,64,65,69)/t32-,41-,42-,43-/m1/s1. The van der Waals surface area contributed by atoms with E-state index in [4.69, 9.17) is 59.1 Å². The highest BCUT2D eigenvalue weighted by atomic mass is 16.5. The zero-order valence-electron chi connectivity index (χ0n) is 48.2. The number of hydrogen-bond acceptors (Lipinski definition) is 16. The number of carbonyl (C=O) groups is 8. The molecule has 452 valence electrons. The number of aliphatic imine (C=N–C) groups is 3. The van der Waals surface area contributed by atoms with Gasteiger partial charge >= 0.3 is 0 Å². The number of ether oxygens (including phenoxy) is 4. The Labute approximate surface area is 487 Å². The lowest BCUT2D eigenvalue weighted by atomic mass is 9.96. The van der Waals surface area contributed by atoms with Crippen LogP contribution < -0.4 is 80.4 Å². The highest BCUT2D eigenvalue weighted by Crippen LogP contribution is 2.26. The number of carbonyl (C=O) groups excluding carboxylic acids is 8. The summed E-state index contributed by atoms with van der Waals surface area (Å²) in [4.78, 5) is 122. The van der Waals surface area contributed by atoms with E-state index in [1.165, 1.54) is 71.9 Å². The monoisotopic (exact) mass is 1160 g/mol. The molecule has 0 bridgehead atoms. The van der Waals surface area contributed by atoms with E-state index < -0.39 is 65.1 Å². The average molecular weight is 1160 g/mol. The number of amides is 4. The second-order valence-electron chi connectivity index (χ2n) is 19.5. The van der Waals surface area contributed by atoms with Crippen LogP contribution in [0.4, 0.5) is 0 Å². The molecule has 0 aliphatic heterocycles. The quantitative estimate of drug-likeness (QED) is 0.0169. The Morgan fingerprint density at radius 1 is 0.417 bits per heavy atom. The molecule has 0 unspecified atom stereocenters. The Bertz CT molecular complexity index is 3100. The Morgan fingerprint density at radius 3 is 0.893 bits per heavy atom. The molecule has 18 N–H and O–H groups in total. The number of rotatable bonds is 35. The molecule has 0 saturated heterocycles. The molecule has 0 heterocycles. The van der Waals surface area contributed by atoms with Crippen molar-refractivity contribution >= 4 is 64.6 Å². The molecule has 26 heteroatoms. The lowest BCUT2D eigenvalue weighted by Crippen LogP contribution is -2.42. The molecule has 4 aromatic rings. The van der Waals surface area contributed by atoms with E-state index in [1.807, 2.05) is 0 Å². The Kier molecular flexibility index (Phi) is 26.6. The van der Waals surface area contributed by atoms with Gasteiger partial charge in [0.05, 0.1) is 74.9 Å². The number of benzene rings is 4. The molecule has 4 aromatic carbocycles. The van der Waals surface area contributed by atoms with Gasteiger partial charge in [-0.2, -0.15) is 0 Å². The van der Waals surface area contributed by atoms with E-state index in [9.17, 15) is 38.4 Å². The smallest absolute Gasteiger partial charge is 0.255 e. The van der Waals surface area contributed by atoms with E-state index in [0.29, 0.717) is 34.4 Å². The van der Waals surface area contributed by atoms with Crippen molar-refractivity contribution in [1.29, 1.82) is 0 Å². The van der Waals surface area contributed by atoms with Crippen LogP contribution in [0.15, 0.2) is 87.8 Å². The molecule has 0 aliphatic carbocycles. The third-order valence-electron chi connectivity index (χ3n) is 13.2. The summed E-state index contributed by atoms with van der Waals surface area (Å²) in [5.74, 6) is -3.80. The Morgan fingerprint density at radius 2 is 0.667 bits per heavy atom. The number of Topliss-reactive ketones (excluding diaryl/α,β-unsaturated/α-hetero) is 4. The number of guanidine groups is 3. The van der Waals surface area contributed by atoms with E-state index >= 15 is 0 Å². The van der Waals surface area contributed by atoms with Crippen LogP contribution in [0.1, 0.15) is 109 Å². The lowest BCUT2D eigenvalue weighted by Gasteiger charge is -2.21. The van der Waals surface area contributed by atoms with Gasteiger partial charge in [-0.15, -0.1) is 0 Å². The van der Waals surface area contributed by atoms with Crippen molar-refractivity contribution in [2.75, 3.05) is 55.1 Å². The Hall–Kier alpha value is -9.59. The molecule has 4 rings (SSSR count). The molecule has 0 fully saturated rings. The van der Waals surface area contributed by atoms with Crippen molar-refractivity contribution in [1.82, 2.24) is 21.3 Å². The van der Waals surface area contributed by atoms with Gasteiger partial charge in [-0.1, -0.05) is 24.3 Å². The maximum absolute atomic E-state index is 14.4. The molecule has 0 radical (unpaired) electrons. The minimum absolute atomic E-state index is 0.00387. The zero-order valence-corrected chi connectivity index (χ0v) is 48.2. The number of ketones is 4. The summed E-state index contributed by atoms with van der Waals surface area (Å²) in [5, 5.41) is 11.0. The molecular weight excluding hydrogens is 1080 g/mol. The summed E-state index contributed by atoms with van der Waals surface area (Å²) in [6.07, 6.45) is 0.341. The van der Waals surface area contributed by atoms with Gasteiger partial charge in [0, 0.05) is 52.4 Å². The SMILES string of the molecule is CNC(=O)c1cc(CC(=O)[C@@H](CCCN=C(N)N)NC(=O)c2cc(CC(=O)[C@@H](CCCN=C(N)N)NC(=O)c3cc(CC(=O)[C@@H](CCCN=C(N)N)NC(=O)c4cc(CC(=O)[C@@H](C)N)ccc4OC)ccc3OC)ccc2OC)ccc1OC. The van der Waals surface area contributed by atoms with Crippen LogP contribution in [-0.4, -0.2) is 144 Å². The number of hydrogen-bond donors (Lipinski definition) is 11. The second kappa shape index (κ2) is 33.4. The van der Waals surface area contributed by atoms with Crippen LogP contribution in [0.5, 0.6) is 23.0 Å². The number of methoxy groups -OCH3 is 4. The van der Waals surface area contributed by atoms with Gasteiger partial charge in [-0.3, -0.25) is 53.3 Å². The van der Waals surface area contributed by atoms with Gasteiger partial charge < -0.3 is 80.4 Å². The first-order valence-corrected chi connectivity index (χ1v) is 26.9. The van der Waals surface area contributed by atoms with Crippen molar-refractivity contribution in [3.8, 4) is 23.0 Å². The maximum Gasteiger partial charge on any atom is 0.255 e. The highest BCUT2D eigenvalue weighted by molar-refractivity contribution is 6.04. The first-order valence-electron chi connectivity index (χ1n) is 26.9. The number of nitrogens with one attached hydrogen (secondary N) is 4. The second-order valence-corrected chi connectivity index (χ2v) is 19.5. The summed E-state index contributed by atoms with van der Waals surface area (Å²) in [6.45, 7) is 1.99. The van der Waals surface area contributed by atoms with Crippen molar-refractivity contribution in [2.24, 2.45) is 55.1 Å². The van der Waals surface area contributed by atoms with Gasteiger partial charge in [0.2, 0.25) is 0 Å². The van der Waals surface area contributed by atoms with Crippen molar-refractivity contribution < 1.29 is 57.3 Å². The minimum atomic E-state index is -1.16. The molecule has 4 amide bonds. The largest absolute Gasteiger partial charge is 0.496 e. The van der Waals surface area contributed by atoms with Crippen molar-refractivity contribution in [3.63, 3.8) is 0 Å². The fraction of sp³-hybridized carbons (Fsp3) is 0.397. The first-order chi connectivity index (χ1) is 40.0. The molecule has 26 nitrogen and oxygen atoms in total. The molecule has 0 aromatic heterocycles. The summed E-state index contributed by atoms with van der Waals surface area (Å²) in [7, 11) is 6.96. The van der Waals surface area contributed by atoms with Crippen LogP contribution in [0.3, 0.4) is 0 Å². The van der Waals surface area contributed by atoms with E-state index in [1.54, 1.807) is 43.3 Å². The van der Waals surface area contributed by atoms with Crippen LogP contribution in [0.2, 0.25) is 0 Å². The van der Waals surface area contributed by atoms with Crippen LogP contribution >= 0.6 is 0 Å². The third kappa shape index (κ3) is 20.7. The van der Waals surface area contributed by atoms with Gasteiger partial charge in [0.1, 0.15) is 23.0 Å². The van der Waals surface area contributed by atoms with Crippen LogP contribution in [-0.2, 0) is 44.9 Å². The third-order valence-corrected chi connectivity index (χ3v) is 13.2. The normalized spacial score (nSPS) is 12.1. The molecule has 0 spiro atoms. The molecule has 0 aliphatic rings. The fourth-order valence-electron chi connectivity index (χ4n) is 8.80. The van der Waals surface area contributed by atoms with E-state index in [0.717, 1.165) is 0 Å². The zero-order chi connectivity index (χ0) is 62.0. The van der Waals surface area contributed by atoms with E-state index in [2.05, 4.69) is 36.2 Å². The summed E-state index contributed by atoms with van der Waals surface area (Å²) >= 11 is 0. The average Bonchev–Trinajstić information content (AvgIpc) is 3.65. The highest BCUT2D eigenvalue weighted by Gasteiger charge is 2.29. The topological polar surface area (TPSA) is 441 Å². The minimum Gasteiger partial charge on any atom is -0.496 e. The van der Waals surface area contributed by atoms with Gasteiger partial charge in [0.15, 0.2) is 41.0 Å². The van der Waals surface area contributed by atoms with Crippen LogP contribution in [0, 0.1) is 0 Å². The van der Waals surface area contributed by atoms with Gasteiger partial charge in [-0.05, 0) is 116 Å². The molecule has 0 saturated carbocycles. The van der Waals surface area contributed by atoms with E-state index in [-0.39, 0.29) is 141 Å². The summed E-state index contributed by atoms with van der Waals surface area (Å²) in [5.41, 5.74) is 41.0. The number of nitrogens with two attached hydrogens (primary N) is 7. The summed E-state index contributed by atoms with van der Waals surface area (Å²) in [6, 6.07) is 14.4. The van der Waals surface area contributed by atoms with Crippen molar-refractivity contribution in [3.05, 3.63) is 117 Å². The van der Waals surface area contributed by atoms with Gasteiger partial charge in [-0.25, -0.2) is 0 Å². The first kappa shape index (κ1) is 66.9. The summed E-state index contributed by atoms with van der Waals surface area (Å²) < 4.78 is 21.9. The predicted octanol–water partition coefficient (Wildman–Crippen LogP) is 0.431. The molecule has 4 atom stereocenters. The molecular formula is C58H78N14O12.